The second kappa shape index (κ2) is 11.5. The van der Waals surface area contributed by atoms with Crippen LogP contribution >= 0.6 is 15.9 Å². The molecule has 0 aromatic heterocycles. The summed E-state index contributed by atoms with van der Waals surface area (Å²) in [6, 6.07) is 15.5. The predicted octanol–water partition coefficient (Wildman–Crippen LogP) is 4.65. The second-order valence-electron chi connectivity index (χ2n) is 7.91. The van der Waals surface area contributed by atoms with Gasteiger partial charge in [-0.2, -0.15) is 0 Å². The molecule has 0 bridgehead atoms. The van der Waals surface area contributed by atoms with Gasteiger partial charge in [0.05, 0.1) is 17.7 Å². The van der Waals surface area contributed by atoms with Crippen LogP contribution in [-0.2, 0) is 14.4 Å². The number of rotatable bonds is 7. The zero-order valence-electron chi connectivity index (χ0n) is 20.1. The van der Waals surface area contributed by atoms with Crippen LogP contribution in [-0.4, -0.2) is 35.8 Å². The minimum atomic E-state index is -0.941. The highest BCUT2D eigenvalue weighted by Crippen LogP contribution is 2.32. The molecule has 196 valence electrons. The van der Waals surface area contributed by atoms with Crippen molar-refractivity contribution in [2.24, 2.45) is 0 Å². The molecule has 1 fully saturated rings. The van der Waals surface area contributed by atoms with Crippen molar-refractivity contribution in [1.82, 2.24) is 5.32 Å². The number of para-hydroxylation sites is 2. The third kappa shape index (κ3) is 6.08. The average molecular weight is 592 g/mol. The van der Waals surface area contributed by atoms with Crippen LogP contribution in [0.25, 0.3) is 12.2 Å². The molecule has 3 aromatic rings. The number of nitrogens with zero attached hydrogens (tertiary/aromatic N) is 2. The summed E-state index contributed by atoms with van der Waals surface area (Å²) in [5, 5.41) is 12.9. The lowest BCUT2D eigenvalue weighted by Crippen LogP contribution is -2.54. The Morgan fingerprint density at radius 2 is 1.74 bits per heavy atom. The number of barbiturate groups is 1. The summed E-state index contributed by atoms with van der Waals surface area (Å²) in [5.41, 5.74) is 0.403. The molecule has 0 radical (unpaired) electrons. The van der Waals surface area contributed by atoms with Crippen molar-refractivity contribution in [3.63, 3.8) is 0 Å². The number of nitro benzene ring substituents is 1. The Hall–Kier alpha value is -5.10. The van der Waals surface area contributed by atoms with Crippen LogP contribution in [0, 0.1) is 10.1 Å². The fraction of sp³-hybridized carbons (Fsp3) is 0.0370. The number of ether oxygens (including phenoxy) is 2. The van der Waals surface area contributed by atoms with Gasteiger partial charge in [0.25, 0.3) is 17.5 Å². The highest BCUT2D eigenvalue weighted by molar-refractivity contribution is 9.10. The van der Waals surface area contributed by atoms with Gasteiger partial charge in [-0.3, -0.25) is 25.0 Å². The van der Waals surface area contributed by atoms with E-state index in [-0.39, 0.29) is 34.0 Å². The first-order valence-electron chi connectivity index (χ1n) is 11.2. The smallest absolute Gasteiger partial charge is 0.336 e. The number of esters is 1. The predicted molar refractivity (Wildman–Crippen MR) is 144 cm³/mol. The second-order valence-corrected chi connectivity index (χ2v) is 8.83. The molecule has 4 rings (SSSR count). The molecule has 12 heteroatoms. The number of halogens is 1. The lowest BCUT2D eigenvalue weighted by Gasteiger charge is -2.27. The van der Waals surface area contributed by atoms with Gasteiger partial charge in [-0.05, 0) is 60.2 Å². The van der Waals surface area contributed by atoms with Crippen LogP contribution in [0.3, 0.4) is 0 Å². The first-order chi connectivity index (χ1) is 18.7. The van der Waals surface area contributed by atoms with Crippen LogP contribution in [0.4, 0.5) is 16.2 Å². The standard InChI is InChI=1S/C27H18BrN3O8/c1-38-23-5-3-2-4-21(23)30-26(34)20(25(33)29-27(30)35)15-17-14-18(28)9-12-22(17)39-24(32)13-8-16-6-10-19(11-7-16)31(36)37/h2-15H,1H3,(H,29,33,35)/b13-8+,20-15-. The molecule has 1 aliphatic heterocycles. The normalized spacial score (nSPS) is 14.5. The summed E-state index contributed by atoms with van der Waals surface area (Å²) in [7, 11) is 1.38. The Bertz CT molecular complexity index is 1560. The molecule has 4 amide bonds. The fourth-order valence-corrected chi connectivity index (χ4v) is 3.96. The van der Waals surface area contributed by atoms with Gasteiger partial charge in [0, 0.05) is 28.2 Å². The van der Waals surface area contributed by atoms with E-state index in [1.807, 2.05) is 0 Å². The van der Waals surface area contributed by atoms with Gasteiger partial charge >= 0.3 is 12.0 Å². The van der Waals surface area contributed by atoms with E-state index >= 15 is 0 Å². The zero-order valence-corrected chi connectivity index (χ0v) is 21.7. The number of nitro groups is 1. The van der Waals surface area contributed by atoms with Crippen LogP contribution in [0.15, 0.2) is 82.9 Å². The number of imide groups is 2. The average Bonchev–Trinajstić information content (AvgIpc) is 2.91. The highest BCUT2D eigenvalue weighted by atomic mass is 79.9. The Morgan fingerprint density at radius 3 is 2.44 bits per heavy atom. The number of benzene rings is 3. The molecule has 1 heterocycles. The maximum Gasteiger partial charge on any atom is 0.336 e. The quantitative estimate of drug-likeness (QED) is 0.104. The Labute approximate surface area is 229 Å². The first-order valence-corrected chi connectivity index (χ1v) is 12.0. The van der Waals surface area contributed by atoms with E-state index in [1.165, 1.54) is 61.7 Å². The van der Waals surface area contributed by atoms with Crippen molar-refractivity contribution >= 4 is 63.3 Å². The third-order valence-electron chi connectivity index (χ3n) is 5.43. The summed E-state index contributed by atoms with van der Waals surface area (Å²) in [5.74, 6) is -2.33. The summed E-state index contributed by atoms with van der Waals surface area (Å²) >= 11 is 3.31. The van der Waals surface area contributed by atoms with E-state index < -0.39 is 28.7 Å². The number of urea groups is 1. The number of methoxy groups -OCH3 is 1. The Morgan fingerprint density at radius 1 is 1.03 bits per heavy atom. The Kier molecular flexibility index (Phi) is 7.96. The molecule has 0 saturated carbocycles. The van der Waals surface area contributed by atoms with Gasteiger partial charge in [-0.1, -0.05) is 28.1 Å². The molecule has 3 aromatic carbocycles. The lowest BCUT2D eigenvalue weighted by atomic mass is 10.1. The van der Waals surface area contributed by atoms with Crippen LogP contribution in [0.1, 0.15) is 11.1 Å². The molecule has 11 nitrogen and oxygen atoms in total. The fourth-order valence-electron chi connectivity index (χ4n) is 3.59. The van der Waals surface area contributed by atoms with Gasteiger partial charge in [0.15, 0.2) is 0 Å². The molecule has 0 atom stereocenters. The van der Waals surface area contributed by atoms with Crippen molar-refractivity contribution in [3.05, 3.63) is 104 Å². The van der Waals surface area contributed by atoms with Crippen molar-refractivity contribution in [1.29, 1.82) is 0 Å². The maximum atomic E-state index is 13.3. The largest absolute Gasteiger partial charge is 0.495 e. The summed E-state index contributed by atoms with van der Waals surface area (Å²) in [6.45, 7) is 0. The van der Waals surface area contributed by atoms with Gasteiger partial charge in [-0.25, -0.2) is 14.5 Å². The van der Waals surface area contributed by atoms with Crippen molar-refractivity contribution in [3.8, 4) is 11.5 Å². The van der Waals surface area contributed by atoms with E-state index in [0.717, 1.165) is 11.0 Å². The van der Waals surface area contributed by atoms with E-state index in [4.69, 9.17) is 9.47 Å². The van der Waals surface area contributed by atoms with Crippen LogP contribution in [0.5, 0.6) is 11.5 Å². The van der Waals surface area contributed by atoms with E-state index in [0.29, 0.717) is 10.0 Å². The maximum absolute atomic E-state index is 13.3. The number of carbonyl (C=O) groups is 4. The molecule has 0 aliphatic carbocycles. The summed E-state index contributed by atoms with van der Waals surface area (Å²) in [4.78, 5) is 62.1. The topological polar surface area (TPSA) is 145 Å². The number of amides is 4. The minimum Gasteiger partial charge on any atom is -0.495 e. The molecule has 0 unspecified atom stereocenters. The monoisotopic (exact) mass is 591 g/mol. The van der Waals surface area contributed by atoms with Gasteiger partial charge in [0.1, 0.15) is 17.1 Å². The number of carbonyl (C=O) groups excluding carboxylic acids is 4. The molecule has 1 N–H and O–H groups in total. The summed E-state index contributed by atoms with van der Waals surface area (Å²) < 4.78 is 11.2. The molecular weight excluding hydrogens is 574 g/mol. The van der Waals surface area contributed by atoms with Crippen molar-refractivity contribution in [2.45, 2.75) is 0 Å². The van der Waals surface area contributed by atoms with Crippen molar-refractivity contribution in [2.75, 3.05) is 12.0 Å². The molecule has 1 aliphatic rings. The molecular formula is C27H18BrN3O8. The molecule has 39 heavy (non-hydrogen) atoms. The van der Waals surface area contributed by atoms with Gasteiger partial charge in [-0.15, -0.1) is 0 Å². The van der Waals surface area contributed by atoms with E-state index in [1.54, 1.807) is 24.3 Å². The number of hydrogen-bond acceptors (Lipinski definition) is 8. The van der Waals surface area contributed by atoms with E-state index in [2.05, 4.69) is 21.2 Å². The summed E-state index contributed by atoms with van der Waals surface area (Å²) in [6.07, 6.45) is 3.75. The van der Waals surface area contributed by atoms with Gasteiger partial charge in [0.2, 0.25) is 0 Å². The van der Waals surface area contributed by atoms with Crippen LogP contribution < -0.4 is 19.7 Å². The minimum absolute atomic E-state index is 0.0328. The molecule has 1 saturated heterocycles. The SMILES string of the molecule is COc1ccccc1N1C(=O)NC(=O)/C(=C/c2cc(Br)ccc2OC(=O)/C=C/c2ccc([N+](=O)[O-])cc2)C1=O. The number of anilines is 1. The lowest BCUT2D eigenvalue weighted by molar-refractivity contribution is -0.384. The first kappa shape index (κ1) is 26.9. The molecule has 0 spiro atoms. The van der Waals surface area contributed by atoms with Gasteiger partial charge < -0.3 is 9.47 Å². The number of non-ortho nitro benzene ring substituents is 1. The van der Waals surface area contributed by atoms with Crippen LogP contribution in [0.2, 0.25) is 0 Å². The highest BCUT2D eigenvalue weighted by Gasteiger charge is 2.38. The third-order valence-corrected chi connectivity index (χ3v) is 5.92. The van der Waals surface area contributed by atoms with Crippen molar-refractivity contribution < 1.29 is 33.6 Å². The Balaban J connectivity index is 1.62. The number of hydrogen-bond donors (Lipinski definition) is 1. The zero-order chi connectivity index (χ0) is 28.1. The number of nitrogens with one attached hydrogen (secondary N) is 1. The van der Waals surface area contributed by atoms with E-state index in [9.17, 15) is 29.3 Å².